The summed E-state index contributed by atoms with van der Waals surface area (Å²) in [6.45, 7) is 40.9. The number of fused-ring (bicyclic) bond motifs is 18. The Morgan fingerprint density at radius 1 is 0.170 bits per heavy atom. The number of aryl methyl sites for hydroxylation is 9. The second kappa shape index (κ2) is 45.1. The molecular formula is C138H128O4S2Si3. The largest absolute Gasteiger partial charge is 0.456 e. The monoisotopic (exact) mass is 2000 g/mol. The van der Waals surface area contributed by atoms with Crippen molar-refractivity contribution in [2.24, 2.45) is 0 Å². The van der Waals surface area contributed by atoms with E-state index < -0.39 is 24.2 Å². The van der Waals surface area contributed by atoms with Gasteiger partial charge in [-0.1, -0.05) is 472 Å². The molecule has 9 heteroatoms. The van der Waals surface area contributed by atoms with Crippen molar-refractivity contribution < 1.29 is 17.7 Å². The number of hydrogen-bond donors (Lipinski definition) is 0. The Balaban J connectivity index is 0.000000109. The van der Waals surface area contributed by atoms with E-state index in [-0.39, 0.29) is 0 Å². The highest BCUT2D eigenvalue weighted by Crippen LogP contribution is 2.40. The van der Waals surface area contributed by atoms with E-state index in [9.17, 15) is 0 Å². The molecule has 0 N–H and O–H groups in total. The van der Waals surface area contributed by atoms with Gasteiger partial charge in [-0.2, -0.15) is 0 Å². The molecule has 0 radical (unpaired) electrons. The molecule has 0 aliphatic carbocycles. The van der Waals surface area contributed by atoms with Crippen LogP contribution in [-0.2, 0) is 0 Å². The van der Waals surface area contributed by atoms with Gasteiger partial charge < -0.3 is 17.7 Å². The zero-order chi connectivity index (χ0) is 103. The molecular weight excluding hydrogens is 1870 g/mol. The van der Waals surface area contributed by atoms with Crippen molar-refractivity contribution >= 4 is 191 Å². The Labute approximate surface area is 877 Å². The van der Waals surface area contributed by atoms with Crippen LogP contribution in [0.4, 0.5) is 0 Å². The van der Waals surface area contributed by atoms with Crippen molar-refractivity contribution in [3.8, 4) is 55.6 Å². The number of furan rings is 4. The van der Waals surface area contributed by atoms with Gasteiger partial charge in [0.2, 0.25) is 0 Å². The Kier molecular flexibility index (Phi) is 31.2. The van der Waals surface area contributed by atoms with Gasteiger partial charge in [0, 0.05) is 83.4 Å². The third-order valence-electron chi connectivity index (χ3n) is 27.1. The number of para-hydroxylation sites is 5. The maximum Gasteiger partial charge on any atom is 0.138 e. The maximum absolute atomic E-state index is 5.87. The van der Waals surface area contributed by atoms with E-state index in [0.717, 1.165) is 44.7 Å². The fourth-order valence-corrected chi connectivity index (χ4v) is 25.6. The van der Waals surface area contributed by atoms with Crippen molar-refractivity contribution in [3.05, 3.63) is 499 Å². The zero-order valence-corrected chi connectivity index (χ0v) is 92.3. The van der Waals surface area contributed by atoms with Crippen LogP contribution in [-0.4, -0.2) is 24.2 Å². The van der Waals surface area contributed by atoms with Gasteiger partial charge in [0.05, 0.1) is 24.2 Å². The molecule has 0 amide bonds. The fourth-order valence-electron chi connectivity index (χ4n) is 19.1. The van der Waals surface area contributed by atoms with E-state index >= 15 is 0 Å². The highest BCUT2D eigenvalue weighted by molar-refractivity contribution is 7.26. The normalized spacial score (nSPS) is 11.3. The lowest BCUT2D eigenvalue weighted by molar-refractivity contribution is 0.665. The van der Waals surface area contributed by atoms with Gasteiger partial charge in [0.15, 0.2) is 0 Å². The molecule has 0 saturated heterocycles. The summed E-state index contributed by atoms with van der Waals surface area (Å²) in [4.78, 5) is 0. The molecule has 26 rings (SSSR count). The van der Waals surface area contributed by atoms with Crippen molar-refractivity contribution in [1.82, 2.24) is 0 Å². The molecule has 0 saturated carbocycles. The van der Waals surface area contributed by atoms with Crippen LogP contribution in [0.3, 0.4) is 0 Å². The van der Waals surface area contributed by atoms with Crippen LogP contribution in [0.1, 0.15) is 50.1 Å². The minimum absolute atomic E-state index is 0.946. The molecule has 0 aliphatic heterocycles. The molecule has 26 aromatic rings. The zero-order valence-electron chi connectivity index (χ0n) is 87.7. The molecule has 147 heavy (non-hydrogen) atoms. The average molecular weight is 2000 g/mol. The fraction of sp³-hybridized carbons (Fsp3) is 0.130. The van der Waals surface area contributed by atoms with Crippen LogP contribution in [0.2, 0.25) is 58.9 Å². The van der Waals surface area contributed by atoms with Crippen molar-refractivity contribution in [1.29, 1.82) is 0 Å². The second-order valence-corrected chi connectivity index (χ2v) is 59.0. The first-order valence-electron chi connectivity index (χ1n) is 50.9. The first-order chi connectivity index (χ1) is 71.0. The topological polar surface area (TPSA) is 52.6 Å². The van der Waals surface area contributed by atoms with Gasteiger partial charge in [0.1, 0.15) is 44.7 Å². The Bertz CT molecular complexity index is 8840. The van der Waals surface area contributed by atoms with Crippen molar-refractivity contribution in [2.75, 3.05) is 0 Å². The van der Waals surface area contributed by atoms with Crippen LogP contribution in [0.25, 0.3) is 184 Å². The summed E-state index contributed by atoms with van der Waals surface area (Å²) in [5.41, 5.74) is 32.6. The number of hydrogen-bond acceptors (Lipinski definition) is 6. The first-order valence-corrected chi connectivity index (χ1v) is 63.1. The number of rotatable bonds is 8. The molecule has 728 valence electrons. The van der Waals surface area contributed by atoms with Crippen LogP contribution in [0.5, 0.6) is 0 Å². The summed E-state index contributed by atoms with van der Waals surface area (Å²) in [6, 6.07) is 158. The van der Waals surface area contributed by atoms with Gasteiger partial charge in [-0.05, 0) is 220 Å². The predicted octanol–water partition coefficient (Wildman–Crippen LogP) is 40.3. The van der Waals surface area contributed by atoms with Crippen molar-refractivity contribution in [3.63, 3.8) is 0 Å². The molecule has 6 heterocycles. The summed E-state index contributed by atoms with van der Waals surface area (Å²) in [7, 11) is -3.69. The molecule has 0 bridgehead atoms. The van der Waals surface area contributed by atoms with E-state index in [1.165, 1.54) is 200 Å². The Hall–Kier alpha value is -15.3. The lowest BCUT2D eigenvalue weighted by Crippen LogP contribution is -2.39. The molecule has 20 aromatic carbocycles. The lowest BCUT2D eigenvalue weighted by atomic mass is 10.0. The van der Waals surface area contributed by atoms with Crippen LogP contribution in [0, 0.1) is 62.3 Å². The Morgan fingerprint density at radius 3 is 1.08 bits per heavy atom. The molecule has 0 spiro atoms. The molecule has 0 unspecified atom stereocenters. The van der Waals surface area contributed by atoms with Gasteiger partial charge in [-0.15, -0.1) is 22.7 Å². The predicted molar refractivity (Wildman–Crippen MR) is 652 cm³/mol. The highest BCUT2D eigenvalue weighted by Gasteiger charge is 2.23. The summed E-state index contributed by atoms with van der Waals surface area (Å²) < 4.78 is 28.8. The molecule has 4 nitrogen and oxygen atoms in total. The van der Waals surface area contributed by atoms with E-state index in [2.05, 4.69) is 503 Å². The van der Waals surface area contributed by atoms with E-state index in [1.807, 2.05) is 89.4 Å². The van der Waals surface area contributed by atoms with Gasteiger partial charge in [0.25, 0.3) is 0 Å². The van der Waals surface area contributed by atoms with Crippen molar-refractivity contribution in [2.45, 2.75) is 121 Å². The van der Waals surface area contributed by atoms with Crippen LogP contribution >= 0.6 is 22.7 Å². The van der Waals surface area contributed by atoms with Gasteiger partial charge in [-0.3, -0.25) is 0 Å². The van der Waals surface area contributed by atoms with E-state index in [4.69, 9.17) is 17.7 Å². The number of thiophene rings is 2. The third kappa shape index (κ3) is 24.3. The van der Waals surface area contributed by atoms with E-state index in [1.54, 1.807) is 5.19 Å². The smallest absolute Gasteiger partial charge is 0.138 e. The van der Waals surface area contributed by atoms with Gasteiger partial charge >= 0.3 is 0 Å². The van der Waals surface area contributed by atoms with E-state index in [0.29, 0.717) is 0 Å². The summed E-state index contributed by atoms with van der Waals surface area (Å²) in [5.74, 6) is 0. The molecule has 6 aromatic heterocycles. The SMILES string of the molecule is Cc1cc(-c2ccccc2)cc([Si](C)(C)C)c1.Cc1ccc(-c2ccc3oc4ccccc4c3c2)cc1.Cc1ccc(-c2ccccc2)cc1[Si](C)(C)C.Cc1ccc([Si](C)(C)C)cc1-c1ccccc1.Cc1ccc2oc3ccccc3c2c1.Cc1ccc2sc3ccccc3c2c1.Cc1cccc(-c2ccc3oc4ccccc4c3c2)c1.Cc1cccc2c1oc1ccccc12.Cc1cccc2c1sc1ccccc12. The first kappa shape index (κ1) is 102. The molecule has 0 atom stereocenters. The molecule has 0 aliphatic rings. The quantitative estimate of drug-likeness (QED) is 0.142. The second-order valence-electron chi connectivity index (χ2n) is 41.6. The maximum atomic E-state index is 5.87. The van der Waals surface area contributed by atoms with Gasteiger partial charge in [-0.25, -0.2) is 0 Å². The summed E-state index contributed by atoms with van der Waals surface area (Å²) in [5, 5.41) is 19.7. The lowest BCUT2D eigenvalue weighted by Gasteiger charge is -2.20. The minimum atomic E-state index is -1.24. The summed E-state index contributed by atoms with van der Waals surface area (Å²) in [6.07, 6.45) is 0. The minimum Gasteiger partial charge on any atom is -0.456 e. The summed E-state index contributed by atoms with van der Waals surface area (Å²) >= 11 is 3.76. The third-order valence-corrected chi connectivity index (χ3v) is 35.8. The van der Waals surface area contributed by atoms with Crippen LogP contribution < -0.4 is 15.6 Å². The van der Waals surface area contributed by atoms with Crippen LogP contribution in [0.15, 0.2) is 467 Å². The highest BCUT2D eigenvalue weighted by atomic mass is 32.1. The standard InChI is InChI=1S/2C19H14O.3C16H20Si.2C13H10O.2C13H10S/c1-13-5-4-6-14(11-13)15-9-10-19-17(12-15)16-7-2-3-8-18(16)20-19;1-13-6-8-14(9-7-13)15-10-11-19-17(12-15)16-4-2-3-5-18(16)20-19;1-13-10-15(14-8-6-5-7-9-14)12-16(11-13)17(2,3)4;1-13-10-11-15(17(2,3)4)12-16(13)14-8-6-5-7-9-14;1-13-10-11-15(12-16(13)17(2,3)4)14-8-6-5-7-9-14;1-9-5-4-7-11-10-6-2-3-8-12(10)14-13(9)11;1-9-6-7-13-11(8-9)10-4-2-3-5-12(10)14-13;1-9-5-4-7-11-10-6-2-3-8-12(10)14-13(9)11;1-9-6-7-13-11(8-9)10-4-2-3-5-12(10)14-13/h2*2-12H,1H3;3*5-12H,1-4H3;4*2-8H,1H3. The number of benzene rings is 20. The molecule has 0 fully saturated rings. The Morgan fingerprint density at radius 2 is 0.531 bits per heavy atom. The average Bonchev–Trinajstić information content (AvgIpc) is 1.68.